The van der Waals surface area contributed by atoms with E-state index >= 15 is 0 Å². The average Bonchev–Trinajstić information content (AvgIpc) is 2.38. The molecule has 0 bridgehead atoms. The molecule has 0 heterocycles. The lowest BCUT2D eigenvalue weighted by molar-refractivity contribution is 0.647. The van der Waals surface area contributed by atoms with Gasteiger partial charge in [-0.25, -0.2) is 0 Å². The Morgan fingerprint density at radius 2 is 1.50 bits per heavy atom. The van der Waals surface area contributed by atoms with E-state index in [-0.39, 0.29) is 6.04 Å². The van der Waals surface area contributed by atoms with Crippen LogP contribution < -0.4 is 5.73 Å². The Balaban J connectivity index is 2.27. The Morgan fingerprint density at radius 3 is 2.00 bits per heavy atom. The van der Waals surface area contributed by atoms with E-state index in [2.05, 4.69) is 38.1 Å². The van der Waals surface area contributed by atoms with Crippen LogP contribution in [0.25, 0.3) is 0 Å². The van der Waals surface area contributed by atoms with Crippen molar-refractivity contribution < 1.29 is 0 Å². The van der Waals surface area contributed by atoms with E-state index in [9.17, 15) is 0 Å². The Labute approximate surface area is 130 Å². The molecule has 1 nitrogen and oxygen atoms in total. The van der Waals surface area contributed by atoms with Gasteiger partial charge >= 0.3 is 0 Å². The number of nitrogens with two attached hydrogens (primary N) is 1. The monoisotopic (exact) mass is 307 g/mol. The predicted octanol–water partition coefficient (Wildman–Crippen LogP) is 5.24. The maximum Gasteiger partial charge on any atom is 0.0581 e. The molecule has 0 saturated carbocycles. The van der Waals surface area contributed by atoms with Gasteiger partial charge in [0, 0.05) is 15.6 Å². The topological polar surface area (TPSA) is 26.0 Å². The summed E-state index contributed by atoms with van der Waals surface area (Å²) in [6.07, 6.45) is 1.07. The zero-order valence-electron chi connectivity index (χ0n) is 11.7. The SMILES string of the molecule is CC(C)Cc1ccc(C(N)c2c(Cl)cccc2Cl)cc1. The summed E-state index contributed by atoms with van der Waals surface area (Å²) in [5.74, 6) is 0.646. The zero-order valence-corrected chi connectivity index (χ0v) is 13.2. The number of hydrogen-bond donors (Lipinski definition) is 1. The molecule has 0 saturated heterocycles. The van der Waals surface area contributed by atoms with Crippen molar-refractivity contribution in [3.63, 3.8) is 0 Å². The Hall–Kier alpha value is -1.02. The molecule has 0 amide bonds. The summed E-state index contributed by atoms with van der Waals surface area (Å²) in [5.41, 5.74) is 9.43. The minimum atomic E-state index is -0.302. The van der Waals surface area contributed by atoms with Crippen molar-refractivity contribution in [3.05, 3.63) is 69.2 Å². The summed E-state index contributed by atoms with van der Waals surface area (Å²) in [7, 11) is 0. The second kappa shape index (κ2) is 6.62. The maximum atomic E-state index is 6.30. The van der Waals surface area contributed by atoms with Gasteiger partial charge in [-0.1, -0.05) is 67.4 Å². The van der Waals surface area contributed by atoms with Crippen LogP contribution in [0.3, 0.4) is 0 Å². The first-order chi connectivity index (χ1) is 9.49. The summed E-state index contributed by atoms with van der Waals surface area (Å²) in [5, 5.41) is 1.22. The third-order valence-corrected chi connectivity index (χ3v) is 3.95. The minimum absolute atomic E-state index is 0.302. The second-order valence-electron chi connectivity index (χ2n) is 5.45. The van der Waals surface area contributed by atoms with Crippen molar-refractivity contribution >= 4 is 23.2 Å². The molecule has 20 heavy (non-hydrogen) atoms. The molecule has 0 fully saturated rings. The smallest absolute Gasteiger partial charge is 0.0581 e. The first kappa shape index (κ1) is 15.4. The van der Waals surface area contributed by atoms with E-state index in [0.717, 1.165) is 17.5 Å². The molecule has 1 atom stereocenters. The van der Waals surface area contributed by atoms with Crippen molar-refractivity contribution in [2.75, 3.05) is 0 Å². The van der Waals surface area contributed by atoms with Gasteiger partial charge in [0.25, 0.3) is 0 Å². The Morgan fingerprint density at radius 1 is 0.950 bits per heavy atom. The highest BCUT2D eigenvalue weighted by Crippen LogP contribution is 2.32. The van der Waals surface area contributed by atoms with Crippen LogP contribution in [0.1, 0.15) is 36.6 Å². The summed E-state index contributed by atoms with van der Waals surface area (Å²) in [6, 6.07) is 13.5. The highest BCUT2D eigenvalue weighted by atomic mass is 35.5. The van der Waals surface area contributed by atoms with Gasteiger partial charge in [-0.05, 0) is 35.6 Å². The highest BCUT2D eigenvalue weighted by molar-refractivity contribution is 6.36. The van der Waals surface area contributed by atoms with E-state index in [1.165, 1.54) is 5.56 Å². The van der Waals surface area contributed by atoms with Crippen molar-refractivity contribution in [1.82, 2.24) is 0 Å². The second-order valence-corrected chi connectivity index (χ2v) is 6.27. The minimum Gasteiger partial charge on any atom is -0.320 e. The molecule has 2 N–H and O–H groups in total. The fourth-order valence-electron chi connectivity index (χ4n) is 2.31. The number of hydrogen-bond acceptors (Lipinski definition) is 1. The molecule has 0 spiro atoms. The maximum absolute atomic E-state index is 6.30. The van der Waals surface area contributed by atoms with Crippen LogP contribution in [-0.4, -0.2) is 0 Å². The van der Waals surface area contributed by atoms with Crippen LogP contribution in [0.15, 0.2) is 42.5 Å². The molecule has 106 valence electrons. The van der Waals surface area contributed by atoms with E-state index in [1.807, 2.05) is 18.2 Å². The van der Waals surface area contributed by atoms with Gasteiger partial charge in [0.1, 0.15) is 0 Å². The molecular weight excluding hydrogens is 289 g/mol. The van der Waals surface area contributed by atoms with Crippen molar-refractivity contribution in [1.29, 1.82) is 0 Å². The summed E-state index contributed by atoms with van der Waals surface area (Å²) in [6.45, 7) is 4.42. The molecule has 0 aliphatic heterocycles. The van der Waals surface area contributed by atoms with Crippen LogP contribution in [0.4, 0.5) is 0 Å². The summed E-state index contributed by atoms with van der Waals surface area (Å²) >= 11 is 12.4. The van der Waals surface area contributed by atoms with Crippen molar-refractivity contribution in [2.45, 2.75) is 26.3 Å². The number of rotatable bonds is 4. The Bertz CT molecular complexity index is 556. The largest absolute Gasteiger partial charge is 0.320 e. The summed E-state index contributed by atoms with van der Waals surface area (Å²) < 4.78 is 0. The van der Waals surface area contributed by atoms with Crippen molar-refractivity contribution in [3.8, 4) is 0 Å². The molecular formula is C17H19Cl2N. The standard InChI is InChI=1S/C17H19Cl2N/c1-11(2)10-12-6-8-13(9-7-12)17(20)16-14(18)4-3-5-15(16)19/h3-9,11,17H,10,20H2,1-2H3. The van der Waals surface area contributed by atoms with Gasteiger partial charge in [0.15, 0.2) is 0 Å². The summed E-state index contributed by atoms with van der Waals surface area (Å²) in [4.78, 5) is 0. The van der Waals surface area contributed by atoms with E-state index in [4.69, 9.17) is 28.9 Å². The lowest BCUT2D eigenvalue weighted by Gasteiger charge is -2.16. The molecule has 2 aromatic rings. The number of benzene rings is 2. The van der Waals surface area contributed by atoms with E-state index < -0.39 is 0 Å². The van der Waals surface area contributed by atoms with E-state index in [1.54, 1.807) is 0 Å². The molecule has 3 heteroatoms. The quantitative estimate of drug-likeness (QED) is 0.821. The third kappa shape index (κ3) is 3.54. The van der Waals surface area contributed by atoms with Crippen LogP contribution in [0.2, 0.25) is 10.0 Å². The van der Waals surface area contributed by atoms with Crippen LogP contribution in [0.5, 0.6) is 0 Å². The Kier molecular flexibility index (Phi) is 5.09. The first-order valence-corrected chi connectivity index (χ1v) is 7.53. The van der Waals surface area contributed by atoms with Gasteiger partial charge in [0.2, 0.25) is 0 Å². The van der Waals surface area contributed by atoms with Gasteiger partial charge in [-0.15, -0.1) is 0 Å². The molecule has 0 aromatic heterocycles. The normalized spacial score (nSPS) is 12.7. The van der Waals surface area contributed by atoms with Gasteiger partial charge in [-0.2, -0.15) is 0 Å². The van der Waals surface area contributed by atoms with Crippen molar-refractivity contribution in [2.24, 2.45) is 11.7 Å². The lowest BCUT2D eigenvalue weighted by atomic mass is 9.96. The van der Waals surface area contributed by atoms with Gasteiger partial charge < -0.3 is 5.73 Å². The molecule has 2 rings (SSSR count). The highest BCUT2D eigenvalue weighted by Gasteiger charge is 2.15. The molecule has 0 radical (unpaired) electrons. The van der Waals surface area contributed by atoms with Crippen LogP contribution in [0, 0.1) is 5.92 Å². The van der Waals surface area contributed by atoms with E-state index in [0.29, 0.717) is 16.0 Å². The molecule has 0 aliphatic rings. The molecule has 2 aromatic carbocycles. The van der Waals surface area contributed by atoms with Crippen LogP contribution in [-0.2, 0) is 6.42 Å². The van der Waals surface area contributed by atoms with Crippen LogP contribution >= 0.6 is 23.2 Å². The van der Waals surface area contributed by atoms with Gasteiger partial charge in [0.05, 0.1) is 6.04 Å². The first-order valence-electron chi connectivity index (χ1n) is 6.77. The number of halogens is 2. The predicted molar refractivity (Wildman–Crippen MR) is 87.5 cm³/mol. The fourth-order valence-corrected chi connectivity index (χ4v) is 2.94. The third-order valence-electron chi connectivity index (χ3n) is 3.29. The fraction of sp³-hybridized carbons (Fsp3) is 0.294. The zero-order chi connectivity index (χ0) is 14.7. The molecule has 1 unspecified atom stereocenters. The lowest BCUT2D eigenvalue weighted by Crippen LogP contribution is -2.13. The average molecular weight is 308 g/mol. The molecule has 0 aliphatic carbocycles. The van der Waals surface area contributed by atoms with Gasteiger partial charge in [-0.3, -0.25) is 0 Å².